The normalized spacial score (nSPS) is 10.3. The van der Waals surface area contributed by atoms with E-state index in [0.29, 0.717) is 28.2 Å². The lowest BCUT2D eigenvalue weighted by Crippen LogP contribution is -1.99. The molecular weight excluding hydrogens is 290 g/mol. The molecule has 0 spiro atoms. The van der Waals surface area contributed by atoms with E-state index in [9.17, 15) is 9.18 Å². The van der Waals surface area contributed by atoms with E-state index in [0.717, 1.165) is 0 Å². The topological polar surface area (TPSA) is 26.3 Å². The van der Waals surface area contributed by atoms with E-state index in [1.54, 1.807) is 24.3 Å². The van der Waals surface area contributed by atoms with Crippen LogP contribution in [0.4, 0.5) is 4.39 Å². The first-order valence-corrected chi connectivity index (χ1v) is 6.18. The monoisotopic (exact) mass is 298 g/mol. The van der Waals surface area contributed by atoms with Crippen molar-refractivity contribution in [1.29, 1.82) is 0 Å². The van der Waals surface area contributed by atoms with Gasteiger partial charge in [0.25, 0.3) is 0 Å². The Morgan fingerprint density at radius 3 is 2.63 bits per heavy atom. The number of aldehydes is 1. The molecule has 0 aliphatic carbocycles. The van der Waals surface area contributed by atoms with Crippen LogP contribution < -0.4 is 4.74 Å². The van der Waals surface area contributed by atoms with Crippen molar-refractivity contribution in [1.82, 2.24) is 0 Å². The van der Waals surface area contributed by atoms with Crippen molar-refractivity contribution in [3.63, 3.8) is 0 Å². The van der Waals surface area contributed by atoms with E-state index in [-0.39, 0.29) is 11.6 Å². The van der Waals surface area contributed by atoms with Gasteiger partial charge in [-0.3, -0.25) is 4.79 Å². The lowest BCUT2D eigenvalue weighted by atomic mass is 10.2. The second-order valence-corrected chi connectivity index (χ2v) is 4.62. The summed E-state index contributed by atoms with van der Waals surface area (Å²) in [6.45, 7) is 0.00650. The minimum atomic E-state index is -0.509. The van der Waals surface area contributed by atoms with Crippen LogP contribution in [0.5, 0.6) is 5.75 Å². The fraction of sp³-hybridized carbons (Fsp3) is 0.0714. The number of carbonyl (C=O) groups is 1. The number of rotatable bonds is 4. The Morgan fingerprint density at radius 2 is 1.95 bits per heavy atom. The highest BCUT2D eigenvalue weighted by molar-refractivity contribution is 6.32. The Bertz CT molecular complexity index is 614. The van der Waals surface area contributed by atoms with Crippen LogP contribution in [0.2, 0.25) is 10.0 Å². The van der Waals surface area contributed by atoms with Gasteiger partial charge in [0, 0.05) is 11.1 Å². The van der Waals surface area contributed by atoms with E-state index >= 15 is 0 Å². The first-order valence-electron chi connectivity index (χ1n) is 5.42. The van der Waals surface area contributed by atoms with Crippen molar-refractivity contribution in [2.45, 2.75) is 6.61 Å². The smallest absolute Gasteiger partial charge is 0.150 e. The number of benzene rings is 2. The van der Waals surface area contributed by atoms with Crippen molar-refractivity contribution in [2.75, 3.05) is 0 Å². The molecule has 0 radical (unpaired) electrons. The Labute approximate surface area is 119 Å². The summed E-state index contributed by atoms with van der Waals surface area (Å²) >= 11 is 11.6. The van der Waals surface area contributed by atoms with Gasteiger partial charge >= 0.3 is 0 Å². The van der Waals surface area contributed by atoms with Crippen molar-refractivity contribution in [3.05, 3.63) is 63.4 Å². The zero-order chi connectivity index (χ0) is 13.8. The summed E-state index contributed by atoms with van der Waals surface area (Å²) in [6, 6.07) is 9.30. The van der Waals surface area contributed by atoms with Crippen LogP contribution in [0.25, 0.3) is 0 Å². The summed E-state index contributed by atoms with van der Waals surface area (Å²) in [5.41, 5.74) is 0.786. The molecule has 2 aromatic carbocycles. The maximum absolute atomic E-state index is 13.6. The Kier molecular flexibility index (Phi) is 4.40. The summed E-state index contributed by atoms with van der Waals surface area (Å²) < 4.78 is 19.0. The van der Waals surface area contributed by atoms with Gasteiger partial charge in [-0.2, -0.15) is 0 Å². The highest BCUT2D eigenvalue weighted by Gasteiger charge is 2.08. The average molecular weight is 299 g/mol. The molecular formula is C14H9Cl2FO2. The molecule has 0 saturated carbocycles. The fourth-order valence-corrected chi connectivity index (χ4v) is 1.96. The second-order valence-electron chi connectivity index (χ2n) is 3.81. The Hall–Kier alpha value is -1.58. The largest absolute Gasteiger partial charge is 0.487 e. The predicted octanol–water partition coefficient (Wildman–Crippen LogP) is 4.52. The Morgan fingerprint density at radius 1 is 1.16 bits per heavy atom. The lowest BCUT2D eigenvalue weighted by Gasteiger charge is -2.09. The van der Waals surface area contributed by atoms with Crippen molar-refractivity contribution < 1.29 is 13.9 Å². The molecule has 2 aromatic rings. The summed E-state index contributed by atoms with van der Waals surface area (Å²) in [5, 5.41) is 0.343. The third-order valence-electron chi connectivity index (χ3n) is 2.51. The zero-order valence-corrected chi connectivity index (χ0v) is 11.2. The van der Waals surface area contributed by atoms with Gasteiger partial charge in [-0.1, -0.05) is 35.3 Å². The van der Waals surface area contributed by atoms with Crippen LogP contribution in [0, 0.1) is 5.82 Å². The molecule has 0 saturated heterocycles. The summed E-state index contributed by atoms with van der Waals surface area (Å²) in [5.74, 6) is -0.128. The van der Waals surface area contributed by atoms with Crippen molar-refractivity contribution in [3.8, 4) is 5.75 Å². The number of carbonyl (C=O) groups excluding carboxylic acids is 1. The molecule has 0 atom stereocenters. The van der Waals surface area contributed by atoms with Crippen molar-refractivity contribution >= 4 is 29.5 Å². The van der Waals surface area contributed by atoms with Gasteiger partial charge in [-0.05, 0) is 24.3 Å². The van der Waals surface area contributed by atoms with Crippen LogP contribution in [-0.2, 0) is 6.61 Å². The van der Waals surface area contributed by atoms with Crippen LogP contribution in [0.15, 0.2) is 36.4 Å². The maximum atomic E-state index is 13.6. The minimum absolute atomic E-state index is 0.00650. The zero-order valence-electron chi connectivity index (χ0n) is 9.70. The molecule has 2 rings (SSSR count). The second kappa shape index (κ2) is 6.04. The molecule has 0 aromatic heterocycles. The molecule has 0 heterocycles. The standard InChI is InChI=1S/C14H9Cl2FO2/c15-11-3-1-2-10(14(11)17)8-19-13-5-4-9(7-18)6-12(13)16/h1-7H,8H2. The summed E-state index contributed by atoms with van der Waals surface area (Å²) in [7, 11) is 0. The quantitative estimate of drug-likeness (QED) is 0.776. The van der Waals surface area contributed by atoms with Gasteiger partial charge in [0.2, 0.25) is 0 Å². The molecule has 98 valence electrons. The molecule has 0 aliphatic rings. The van der Waals surface area contributed by atoms with Crippen LogP contribution in [0.1, 0.15) is 15.9 Å². The van der Waals surface area contributed by atoms with Crippen LogP contribution in [-0.4, -0.2) is 6.29 Å². The van der Waals surface area contributed by atoms with Crippen LogP contribution >= 0.6 is 23.2 Å². The molecule has 0 amide bonds. The van der Waals surface area contributed by atoms with Gasteiger partial charge in [0.05, 0.1) is 10.0 Å². The number of hydrogen-bond donors (Lipinski definition) is 0. The summed E-state index contributed by atoms with van der Waals surface area (Å²) in [4.78, 5) is 10.6. The highest BCUT2D eigenvalue weighted by atomic mass is 35.5. The van der Waals surface area contributed by atoms with E-state index in [1.807, 2.05) is 0 Å². The van der Waals surface area contributed by atoms with Gasteiger partial charge in [0.1, 0.15) is 24.5 Å². The number of ether oxygens (including phenoxy) is 1. The van der Waals surface area contributed by atoms with Gasteiger partial charge in [0.15, 0.2) is 0 Å². The first-order chi connectivity index (χ1) is 9.11. The first kappa shape index (κ1) is 13.8. The van der Waals surface area contributed by atoms with E-state index in [4.69, 9.17) is 27.9 Å². The third-order valence-corrected chi connectivity index (χ3v) is 3.09. The van der Waals surface area contributed by atoms with Gasteiger partial charge in [-0.25, -0.2) is 4.39 Å². The molecule has 0 unspecified atom stereocenters. The van der Waals surface area contributed by atoms with E-state index in [2.05, 4.69) is 0 Å². The molecule has 19 heavy (non-hydrogen) atoms. The predicted molar refractivity (Wildman–Crippen MR) is 72.6 cm³/mol. The molecule has 0 fully saturated rings. The molecule has 2 nitrogen and oxygen atoms in total. The van der Waals surface area contributed by atoms with Gasteiger partial charge < -0.3 is 4.74 Å². The van der Waals surface area contributed by atoms with E-state index < -0.39 is 5.82 Å². The molecule has 0 aliphatic heterocycles. The third kappa shape index (κ3) is 3.25. The Balaban J connectivity index is 2.14. The number of hydrogen-bond acceptors (Lipinski definition) is 2. The lowest BCUT2D eigenvalue weighted by molar-refractivity contribution is 0.112. The number of halogens is 3. The summed E-state index contributed by atoms with van der Waals surface area (Å²) in [6.07, 6.45) is 0.687. The minimum Gasteiger partial charge on any atom is -0.487 e. The molecule has 0 N–H and O–H groups in total. The van der Waals surface area contributed by atoms with Crippen molar-refractivity contribution in [2.24, 2.45) is 0 Å². The fourth-order valence-electron chi connectivity index (χ4n) is 1.52. The SMILES string of the molecule is O=Cc1ccc(OCc2cccc(Cl)c2F)c(Cl)c1. The van der Waals surface area contributed by atoms with E-state index in [1.165, 1.54) is 12.1 Å². The maximum Gasteiger partial charge on any atom is 0.150 e. The van der Waals surface area contributed by atoms with Gasteiger partial charge in [-0.15, -0.1) is 0 Å². The average Bonchev–Trinajstić information content (AvgIpc) is 2.41. The molecule has 0 bridgehead atoms. The highest BCUT2D eigenvalue weighted by Crippen LogP contribution is 2.26. The molecule has 5 heteroatoms. The van der Waals surface area contributed by atoms with Crippen LogP contribution in [0.3, 0.4) is 0 Å².